The maximum absolute atomic E-state index is 4.24. The molecule has 0 radical (unpaired) electrons. The molecule has 2 rings (SSSR count). The van der Waals surface area contributed by atoms with Gasteiger partial charge in [-0.15, -0.1) is 0 Å². The molecule has 1 fully saturated rings. The van der Waals surface area contributed by atoms with Crippen LogP contribution in [0.4, 0.5) is 0 Å². The van der Waals surface area contributed by atoms with Crippen molar-refractivity contribution in [2.45, 2.75) is 52.2 Å². The molecular formula is C12H21N3. The van der Waals surface area contributed by atoms with Crippen molar-refractivity contribution in [3.63, 3.8) is 0 Å². The highest BCUT2D eigenvalue weighted by molar-refractivity contribution is 5.05. The Labute approximate surface area is 91.9 Å². The molecule has 1 aliphatic carbocycles. The Morgan fingerprint density at radius 3 is 2.73 bits per heavy atom. The second-order valence-corrected chi connectivity index (χ2v) is 5.68. The average molecular weight is 207 g/mol. The molecule has 1 aromatic rings. The minimum atomic E-state index is 0.171. The van der Waals surface area contributed by atoms with Gasteiger partial charge in [-0.05, 0) is 33.1 Å². The van der Waals surface area contributed by atoms with E-state index in [0.717, 1.165) is 12.5 Å². The molecule has 0 amide bonds. The molecule has 0 spiro atoms. The Balaban J connectivity index is 2.00. The predicted molar refractivity (Wildman–Crippen MR) is 61.6 cm³/mol. The number of nitrogens with zero attached hydrogens (tertiary/aromatic N) is 2. The number of rotatable bonds is 3. The minimum Gasteiger partial charge on any atom is -0.330 e. The predicted octanol–water partition coefficient (Wildman–Crippen LogP) is 2.35. The third-order valence-electron chi connectivity index (χ3n) is 2.97. The van der Waals surface area contributed by atoms with Gasteiger partial charge in [0.25, 0.3) is 0 Å². The van der Waals surface area contributed by atoms with E-state index in [9.17, 15) is 0 Å². The van der Waals surface area contributed by atoms with Gasteiger partial charge in [0.05, 0.1) is 12.0 Å². The Morgan fingerprint density at radius 1 is 1.53 bits per heavy atom. The Hall–Kier alpha value is -0.830. The fourth-order valence-corrected chi connectivity index (χ4v) is 1.81. The maximum atomic E-state index is 4.24. The van der Waals surface area contributed by atoms with Crippen LogP contribution in [-0.4, -0.2) is 15.1 Å². The zero-order chi connectivity index (χ0) is 11.1. The van der Waals surface area contributed by atoms with Crippen LogP contribution in [-0.2, 0) is 6.54 Å². The van der Waals surface area contributed by atoms with Crippen LogP contribution in [0.3, 0.4) is 0 Å². The van der Waals surface area contributed by atoms with Gasteiger partial charge in [0.15, 0.2) is 0 Å². The van der Waals surface area contributed by atoms with Gasteiger partial charge in [0.1, 0.15) is 0 Å². The number of hydrogen-bond acceptors (Lipinski definition) is 2. The summed E-state index contributed by atoms with van der Waals surface area (Å²) in [6, 6.07) is 0.698. The normalized spacial score (nSPS) is 25.6. The van der Waals surface area contributed by atoms with Crippen LogP contribution in [0.15, 0.2) is 12.5 Å². The van der Waals surface area contributed by atoms with Crippen molar-refractivity contribution in [3.05, 3.63) is 18.2 Å². The van der Waals surface area contributed by atoms with Crippen molar-refractivity contribution in [1.82, 2.24) is 14.9 Å². The van der Waals surface area contributed by atoms with Crippen LogP contribution < -0.4 is 5.32 Å². The van der Waals surface area contributed by atoms with Crippen LogP contribution in [0.2, 0.25) is 0 Å². The number of aromatic nitrogens is 2. The van der Waals surface area contributed by atoms with Crippen molar-refractivity contribution in [1.29, 1.82) is 0 Å². The largest absolute Gasteiger partial charge is 0.330 e. The van der Waals surface area contributed by atoms with Gasteiger partial charge in [-0.25, -0.2) is 4.98 Å². The first kappa shape index (κ1) is 10.7. The lowest BCUT2D eigenvalue weighted by molar-refractivity contribution is 0.415. The highest BCUT2D eigenvalue weighted by Gasteiger charge is 2.35. The Morgan fingerprint density at radius 2 is 2.20 bits per heavy atom. The highest BCUT2D eigenvalue weighted by atomic mass is 15.1. The first-order valence-electron chi connectivity index (χ1n) is 5.73. The zero-order valence-corrected chi connectivity index (χ0v) is 10.1. The molecule has 3 nitrogen and oxygen atoms in total. The van der Waals surface area contributed by atoms with Gasteiger partial charge in [0, 0.05) is 24.3 Å². The van der Waals surface area contributed by atoms with E-state index in [2.05, 4.69) is 42.6 Å². The second-order valence-electron chi connectivity index (χ2n) is 5.68. The molecule has 1 aromatic heterocycles. The lowest BCUT2D eigenvalue weighted by atomic mass is 10.1. The molecule has 3 heteroatoms. The first-order valence-corrected chi connectivity index (χ1v) is 5.73. The summed E-state index contributed by atoms with van der Waals surface area (Å²) >= 11 is 0. The zero-order valence-electron chi connectivity index (χ0n) is 10.1. The van der Waals surface area contributed by atoms with Crippen LogP contribution in [0.25, 0.3) is 0 Å². The van der Waals surface area contributed by atoms with Gasteiger partial charge in [-0.2, -0.15) is 0 Å². The Kier molecular flexibility index (Phi) is 2.59. The summed E-state index contributed by atoms with van der Waals surface area (Å²) in [6.45, 7) is 9.77. The molecule has 84 valence electrons. The van der Waals surface area contributed by atoms with Crippen LogP contribution in [0, 0.1) is 5.92 Å². The number of hydrogen-bond donors (Lipinski definition) is 1. The van der Waals surface area contributed by atoms with Crippen LogP contribution >= 0.6 is 0 Å². The van der Waals surface area contributed by atoms with Crippen molar-refractivity contribution < 1.29 is 0 Å². The first-order chi connectivity index (χ1) is 6.97. The number of imidazole rings is 1. The molecule has 1 aliphatic rings. The Bertz CT molecular complexity index is 335. The van der Waals surface area contributed by atoms with Gasteiger partial charge >= 0.3 is 0 Å². The van der Waals surface area contributed by atoms with Crippen molar-refractivity contribution in [2.75, 3.05) is 0 Å². The standard InChI is InChI=1S/C12H21N3/c1-9-5-11(9)15-8-13-6-10(15)7-14-12(2,3)4/h6,8-9,11,14H,5,7H2,1-4H3. The molecule has 0 aliphatic heterocycles. The highest BCUT2D eigenvalue weighted by Crippen LogP contribution is 2.43. The molecule has 2 atom stereocenters. The summed E-state index contributed by atoms with van der Waals surface area (Å²) in [5, 5.41) is 3.50. The van der Waals surface area contributed by atoms with Crippen LogP contribution in [0.5, 0.6) is 0 Å². The fourth-order valence-electron chi connectivity index (χ4n) is 1.81. The number of nitrogens with one attached hydrogen (secondary N) is 1. The summed E-state index contributed by atoms with van der Waals surface area (Å²) in [5.41, 5.74) is 1.48. The topological polar surface area (TPSA) is 29.9 Å². The minimum absolute atomic E-state index is 0.171. The summed E-state index contributed by atoms with van der Waals surface area (Å²) in [6.07, 6.45) is 5.25. The van der Waals surface area contributed by atoms with Gasteiger partial charge < -0.3 is 9.88 Å². The smallest absolute Gasteiger partial charge is 0.0951 e. The SMILES string of the molecule is CC1CC1n1cncc1CNC(C)(C)C. The fraction of sp³-hybridized carbons (Fsp3) is 0.750. The van der Waals surface area contributed by atoms with Crippen molar-refractivity contribution >= 4 is 0 Å². The van der Waals surface area contributed by atoms with Crippen molar-refractivity contribution in [2.24, 2.45) is 5.92 Å². The summed E-state index contributed by atoms with van der Waals surface area (Å²) in [5.74, 6) is 0.826. The molecule has 1 heterocycles. The van der Waals surface area contributed by atoms with E-state index >= 15 is 0 Å². The molecule has 0 bridgehead atoms. The monoisotopic (exact) mass is 207 g/mol. The lowest BCUT2D eigenvalue weighted by Gasteiger charge is -2.21. The lowest BCUT2D eigenvalue weighted by Crippen LogP contribution is -2.35. The molecule has 2 unspecified atom stereocenters. The van der Waals surface area contributed by atoms with Crippen molar-refractivity contribution in [3.8, 4) is 0 Å². The maximum Gasteiger partial charge on any atom is 0.0951 e. The average Bonchev–Trinajstić information content (AvgIpc) is 2.67. The summed E-state index contributed by atoms with van der Waals surface area (Å²) in [4.78, 5) is 4.24. The molecule has 0 saturated heterocycles. The van der Waals surface area contributed by atoms with E-state index in [-0.39, 0.29) is 5.54 Å². The molecular weight excluding hydrogens is 186 g/mol. The third-order valence-corrected chi connectivity index (χ3v) is 2.97. The van der Waals surface area contributed by atoms with Gasteiger partial charge in [-0.3, -0.25) is 0 Å². The summed E-state index contributed by atoms with van der Waals surface area (Å²) in [7, 11) is 0. The van der Waals surface area contributed by atoms with E-state index < -0.39 is 0 Å². The van der Waals surface area contributed by atoms with Crippen LogP contribution in [0.1, 0.15) is 45.9 Å². The molecule has 1 saturated carbocycles. The van der Waals surface area contributed by atoms with E-state index in [1.54, 1.807) is 0 Å². The van der Waals surface area contributed by atoms with Gasteiger partial charge in [0.2, 0.25) is 0 Å². The van der Waals surface area contributed by atoms with E-state index in [0.29, 0.717) is 6.04 Å². The van der Waals surface area contributed by atoms with E-state index in [1.807, 2.05) is 12.5 Å². The van der Waals surface area contributed by atoms with Gasteiger partial charge in [-0.1, -0.05) is 6.92 Å². The summed E-state index contributed by atoms with van der Waals surface area (Å²) < 4.78 is 2.32. The molecule has 1 N–H and O–H groups in total. The molecule has 15 heavy (non-hydrogen) atoms. The quantitative estimate of drug-likeness (QED) is 0.824. The van der Waals surface area contributed by atoms with E-state index in [1.165, 1.54) is 12.1 Å². The van der Waals surface area contributed by atoms with E-state index in [4.69, 9.17) is 0 Å². The third kappa shape index (κ3) is 2.59. The second kappa shape index (κ2) is 3.63. The molecule has 0 aromatic carbocycles.